The Morgan fingerprint density at radius 2 is 1.92 bits per heavy atom. The summed E-state index contributed by atoms with van der Waals surface area (Å²) in [6.45, 7) is 0.648. The summed E-state index contributed by atoms with van der Waals surface area (Å²) in [6.07, 6.45) is 7.03. The van der Waals surface area contributed by atoms with Crippen molar-refractivity contribution in [2.45, 2.75) is 38.2 Å². The smallest absolute Gasteiger partial charge is 0.293 e. The molecule has 2 bridgehead atoms. The maximum atomic E-state index is 10.3. The summed E-state index contributed by atoms with van der Waals surface area (Å²) in [5.41, 5.74) is 0. The normalized spacial score (nSPS) is 52.2. The Kier molecular flexibility index (Phi) is 1.64. The van der Waals surface area contributed by atoms with E-state index >= 15 is 0 Å². The van der Waals surface area contributed by atoms with Gasteiger partial charge in [-0.15, -0.1) is 0 Å². The fourth-order valence-corrected chi connectivity index (χ4v) is 4.23. The monoisotopic (exact) mass is 180 g/mol. The second kappa shape index (κ2) is 2.73. The summed E-state index contributed by atoms with van der Waals surface area (Å²) in [4.78, 5) is 10.3. The molecule has 3 unspecified atom stereocenters. The van der Waals surface area contributed by atoms with Crippen molar-refractivity contribution in [1.82, 2.24) is 0 Å². The van der Waals surface area contributed by atoms with Crippen LogP contribution in [0.5, 0.6) is 0 Å². The molecule has 0 amide bonds. The van der Waals surface area contributed by atoms with Crippen LogP contribution in [0.4, 0.5) is 0 Å². The van der Waals surface area contributed by atoms with Crippen LogP contribution >= 0.6 is 0 Å². The van der Waals surface area contributed by atoms with E-state index in [0.29, 0.717) is 6.47 Å². The molecule has 72 valence electrons. The first-order chi connectivity index (χ1) is 6.40. The Morgan fingerprint density at radius 1 is 1.08 bits per heavy atom. The van der Waals surface area contributed by atoms with Gasteiger partial charge in [0.25, 0.3) is 6.47 Å². The van der Waals surface area contributed by atoms with E-state index in [1.165, 1.54) is 25.7 Å². The van der Waals surface area contributed by atoms with E-state index < -0.39 is 0 Å². The summed E-state index contributed by atoms with van der Waals surface area (Å²) in [5.74, 6) is 3.52. The SMILES string of the molecule is O=COC1C[C@@H]2C[C@H]1C1CCCC12. The molecule has 0 heterocycles. The van der Waals surface area contributed by atoms with Crippen molar-refractivity contribution >= 4 is 6.47 Å². The van der Waals surface area contributed by atoms with Gasteiger partial charge in [-0.3, -0.25) is 4.79 Å². The van der Waals surface area contributed by atoms with Gasteiger partial charge in [-0.25, -0.2) is 0 Å². The highest BCUT2D eigenvalue weighted by Gasteiger charge is 2.54. The highest BCUT2D eigenvalue weighted by atomic mass is 16.5. The second-order valence-corrected chi connectivity index (χ2v) is 4.92. The first kappa shape index (κ1) is 7.84. The maximum Gasteiger partial charge on any atom is 0.293 e. The lowest BCUT2D eigenvalue weighted by atomic mass is 9.80. The van der Waals surface area contributed by atoms with Crippen LogP contribution in [-0.2, 0) is 9.53 Å². The average Bonchev–Trinajstić information content (AvgIpc) is 2.72. The van der Waals surface area contributed by atoms with Crippen molar-refractivity contribution in [3.05, 3.63) is 0 Å². The van der Waals surface area contributed by atoms with Gasteiger partial charge < -0.3 is 4.74 Å². The van der Waals surface area contributed by atoms with Gasteiger partial charge in [0.05, 0.1) is 0 Å². The summed E-state index contributed by atoms with van der Waals surface area (Å²) < 4.78 is 5.16. The van der Waals surface area contributed by atoms with Gasteiger partial charge in [0.15, 0.2) is 0 Å². The Hall–Kier alpha value is -0.530. The first-order valence-electron chi connectivity index (χ1n) is 5.49. The van der Waals surface area contributed by atoms with Crippen LogP contribution in [0, 0.1) is 23.7 Å². The second-order valence-electron chi connectivity index (χ2n) is 4.92. The molecule has 0 N–H and O–H groups in total. The van der Waals surface area contributed by atoms with E-state index in [-0.39, 0.29) is 6.10 Å². The molecule has 0 aromatic rings. The predicted octanol–water partition coefficient (Wildman–Crippen LogP) is 1.98. The van der Waals surface area contributed by atoms with E-state index in [1.54, 1.807) is 0 Å². The Labute approximate surface area is 78.6 Å². The third kappa shape index (κ3) is 0.976. The average molecular weight is 180 g/mol. The fraction of sp³-hybridized carbons (Fsp3) is 0.909. The third-order valence-corrected chi connectivity index (χ3v) is 4.60. The van der Waals surface area contributed by atoms with Gasteiger partial charge in [-0.05, 0) is 49.4 Å². The highest BCUT2D eigenvalue weighted by Crippen LogP contribution is 2.59. The zero-order chi connectivity index (χ0) is 8.84. The van der Waals surface area contributed by atoms with E-state index in [2.05, 4.69) is 0 Å². The van der Waals surface area contributed by atoms with E-state index in [0.717, 1.165) is 30.1 Å². The van der Waals surface area contributed by atoms with Crippen molar-refractivity contribution < 1.29 is 9.53 Å². The molecule has 0 aromatic heterocycles. The van der Waals surface area contributed by atoms with Crippen LogP contribution in [0.2, 0.25) is 0 Å². The molecule has 0 spiro atoms. The predicted molar refractivity (Wildman–Crippen MR) is 48.0 cm³/mol. The lowest BCUT2D eigenvalue weighted by molar-refractivity contribution is -0.137. The molecule has 3 aliphatic rings. The van der Waals surface area contributed by atoms with Gasteiger partial charge in [0, 0.05) is 0 Å². The van der Waals surface area contributed by atoms with Crippen LogP contribution in [0.3, 0.4) is 0 Å². The molecule has 0 aliphatic heterocycles. The Balaban J connectivity index is 1.77. The third-order valence-electron chi connectivity index (χ3n) is 4.60. The zero-order valence-corrected chi connectivity index (χ0v) is 7.82. The van der Waals surface area contributed by atoms with Crippen molar-refractivity contribution in [3.8, 4) is 0 Å². The lowest BCUT2D eigenvalue weighted by Gasteiger charge is -2.30. The molecule has 13 heavy (non-hydrogen) atoms. The standard InChI is InChI=1S/C11H16O2/c12-6-13-11-5-7-4-10(11)9-3-1-2-8(7)9/h6-11H,1-5H2/t7-,8?,9?,10-,11?/m0/s1. The summed E-state index contributed by atoms with van der Waals surface area (Å²) in [6, 6.07) is 0. The molecule has 2 nitrogen and oxygen atoms in total. The van der Waals surface area contributed by atoms with Crippen LogP contribution in [0.1, 0.15) is 32.1 Å². The molecule has 0 saturated heterocycles. The van der Waals surface area contributed by atoms with E-state index in [4.69, 9.17) is 4.74 Å². The molecule has 3 rings (SSSR count). The van der Waals surface area contributed by atoms with Gasteiger partial charge >= 0.3 is 0 Å². The fourth-order valence-electron chi connectivity index (χ4n) is 4.23. The number of ether oxygens (including phenoxy) is 1. The molecular weight excluding hydrogens is 164 g/mol. The molecule has 0 aromatic carbocycles. The highest BCUT2D eigenvalue weighted by molar-refractivity contribution is 5.38. The first-order valence-corrected chi connectivity index (χ1v) is 5.49. The molecule has 3 saturated carbocycles. The van der Waals surface area contributed by atoms with Crippen molar-refractivity contribution in [1.29, 1.82) is 0 Å². The van der Waals surface area contributed by atoms with Crippen LogP contribution < -0.4 is 0 Å². The van der Waals surface area contributed by atoms with Crippen molar-refractivity contribution in [2.75, 3.05) is 0 Å². The van der Waals surface area contributed by atoms with Gasteiger partial charge in [0.1, 0.15) is 6.10 Å². The number of hydrogen-bond donors (Lipinski definition) is 0. The summed E-state index contributed by atoms with van der Waals surface area (Å²) in [7, 11) is 0. The zero-order valence-electron chi connectivity index (χ0n) is 7.82. The van der Waals surface area contributed by atoms with Gasteiger partial charge in [-0.1, -0.05) is 6.42 Å². The Morgan fingerprint density at radius 3 is 2.77 bits per heavy atom. The van der Waals surface area contributed by atoms with E-state index in [1.807, 2.05) is 0 Å². The minimum atomic E-state index is 0.279. The molecule has 2 heteroatoms. The lowest BCUT2D eigenvalue weighted by Crippen LogP contribution is -2.29. The van der Waals surface area contributed by atoms with Gasteiger partial charge in [-0.2, -0.15) is 0 Å². The molecule has 5 atom stereocenters. The van der Waals surface area contributed by atoms with Crippen LogP contribution in [0.25, 0.3) is 0 Å². The number of hydrogen-bond acceptors (Lipinski definition) is 2. The van der Waals surface area contributed by atoms with Gasteiger partial charge in [0.2, 0.25) is 0 Å². The van der Waals surface area contributed by atoms with Crippen LogP contribution in [-0.4, -0.2) is 12.6 Å². The quantitative estimate of drug-likeness (QED) is 0.607. The molecule has 3 fully saturated rings. The molecular formula is C11H16O2. The number of rotatable bonds is 2. The molecule has 3 aliphatic carbocycles. The summed E-state index contributed by atoms with van der Waals surface area (Å²) in [5, 5.41) is 0. The van der Waals surface area contributed by atoms with Crippen molar-refractivity contribution in [2.24, 2.45) is 23.7 Å². The number of carbonyl (C=O) groups excluding carboxylic acids is 1. The molecule has 0 radical (unpaired) electrons. The minimum Gasteiger partial charge on any atom is -0.464 e. The Bertz CT molecular complexity index is 226. The topological polar surface area (TPSA) is 26.3 Å². The minimum absolute atomic E-state index is 0.279. The van der Waals surface area contributed by atoms with E-state index in [9.17, 15) is 4.79 Å². The maximum absolute atomic E-state index is 10.3. The largest absolute Gasteiger partial charge is 0.464 e. The number of fused-ring (bicyclic) bond motifs is 5. The van der Waals surface area contributed by atoms with Crippen LogP contribution in [0.15, 0.2) is 0 Å². The number of carbonyl (C=O) groups is 1. The summed E-state index contributed by atoms with van der Waals surface area (Å²) >= 11 is 0. The van der Waals surface area contributed by atoms with Crippen molar-refractivity contribution in [3.63, 3.8) is 0 Å².